The minimum atomic E-state index is -0.174. The van der Waals surface area contributed by atoms with Crippen LogP contribution in [0.1, 0.15) is 38.2 Å². The van der Waals surface area contributed by atoms with Crippen LogP contribution in [0.5, 0.6) is 0 Å². The van der Waals surface area contributed by atoms with Gasteiger partial charge < -0.3 is 5.73 Å². The van der Waals surface area contributed by atoms with E-state index in [1.807, 2.05) is 12.1 Å². The summed E-state index contributed by atoms with van der Waals surface area (Å²) in [7, 11) is 0. The van der Waals surface area contributed by atoms with Gasteiger partial charge >= 0.3 is 0 Å². The number of benzene rings is 1. The van der Waals surface area contributed by atoms with Gasteiger partial charge in [-0.2, -0.15) is 0 Å². The van der Waals surface area contributed by atoms with Crippen LogP contribution in [0.2, 0.25) is 0 Å². The molecule has 0 amide bonds. The lowest BCUT2D eigenvalue weighted by Gasteiger charge is -2.37. The van der Waals surface area contributed by atoms with Gasteiger partial charge in [0.1, 0.15) is 5.82 Å². The number of hydrogen-bond donors (Lipinski definition) is 1. The number of nitrogens with two attached hydrogens (primary N) is 1. The quantitative estimate of drug-likeness (QED) is 0.815. The minimum absolute atomic E-state index is 0.0739. The molecule has 0 spiro atoms. The van der Waals surface area contributed by atoms with Crippen molar-refractivity contribution < 1.29 is 4.39 Å². The van der Waals surface area contributed by atoms with Gasteiger partial charge in [-0.15, -0.1) is 0 Å². The number of hydrogen-bond acceptors (Lipinski definition) is 1. The summed E-state index contributed by atoms with van der Waals surface area (Å²) in [5.41, 5.74) is 7.50. The van der Waals surface area contributed by atoms with Gasteiger partial charge in [0.05, 0.1) is 0 Å². The Labute approximate surface area is 96.9 Å². The molecule has 1 aromatic carbocycles. The molecular weight excluding hydrogens is 201 g/mol. The third-order valence-electron chi connectivity index (χ3n) is 3.60. The molecule has 1 fully saturated rings. The fraction of sp³-hybridized carbons (Fsp3) is 0.571. The lowest BCUT2D eigenvalue weighted by Crippen LogP contribution is -2.45. The van der Waals surface area contributed by atoms with E-state index in [-0.39, 0.29) is 11.4 Å². The van der Waals surface area contributed by atoms with Crippen LogP contribution in [0.25, 0.3) is 0 Å². The molecule has 1 nitrogen and oxygen atoms in total. The van der Waals surface area contributed by atoms with Crippen LogP contribution in [-0.2, 0) is 6.42 Å². The highest BCUT2D eigenvalue weighted by Crippen LogP contribution is 2.32. The SMILES string of the molecule is CC1CCCC(N)(Cc2ccc(F)cc2)C1. The van der Waals surface area contributed by atoms with Crippen molar-refractivity contribution in [2.24, 2.45) is 11.7 Å². The Morgan fingerprint density at radius 3 is 2.69 bits per heavy atom. The standard InChI is InChI=1S/C14H20FN/c1-11-3-2-8-14(16,9-11)10-12-4-6-13(15)7-5-12/h4-7,11H,2-3,8-10,16H2,1H3. The highest BCUT2D eigenvalue weighted by Gasteiger charge is 2.30. The van der Waals surface area contributed by atoms with Crippen LogP contribution in [0.15, 0.2) is 24.3 Å². The van der Waals surface area contributed by atoms with Gasteiger partial charge in [0.25, 0.3) is 0 Å². The van der Waals surface area contributed by atoms with Gasteiger partial charge in [-0.3, -0.25) is 0 Å². The maximum atomic E-state index is 12.8. The molecule has 16 heavy (non-hydrogen) atoms. The summed E-state index contributed by atoms with van der Waals surface area (Å²) in [5, 5.41) is 0. The molecule has 1 saturated carbocycles. The van der Waals surface area contributed by atoms with Gasteiger partial charge in [0, 0.05) is 5.54 Å². The Balaban J connectivity index is 2.05. The predicted molar refractivity (Wildman–Crippen MR) is 64.7 cm³/mol. The van der Waals surface area contributed by atoms with Gasteiger partial charge in [0.2, 0.25) is 0 Å². The fourth-order valence-electron chi connectivity index (χ4n) is 2.87. The Bertz CT molecular complexity index is 346. The lowest BCUT2D eigenvalue weighted by molar-refractivity contribution is 0.235. The minimum Gasteiger partial charge on any atom is -0.325 e. The fourth-order valence-corrected chi connectivity index (χ4v) is 2.87. The molecule has 2 rings (SSSR count). The molecule has 88 valence electrons. The van der Waals surface area contributed by atoms with Crippen molar-refractivity contribution in [2.45, 2.75) is 44.6 Å². The molecule has 1 aliphatic carbocycles. The monoisotopic (exact) mass is 221 g/mol. The zero-order valence-corrected chi connectivity index (χ0v) is 9.88. The molecule has 0 heterocycles. The van der Waals surface area contributed by atoms with E-state index in [0.29, 0.717) is 0 Å². The van der Waals surface area contributed by atoms with Crippen molar-refractivity contribution in [2.75, 3.05) is 0 Å². The van der Waals surface area contributed by atoms with E-state index in [4.69, 9.17) is 5.73 Å². The lowest BCUT2D eigenvalue weighted by atomic mass is 9.74. The average Bonchev–Trinajstić information content (AvgIpc) is 2.21. The largest absolute Gasteiger partial charge is 0.325 e. The molecule has 2 unspecified atom stereocenters. The summed E-state index contributed by atoms with van der Waals surface area (Å²) in [5.74, 6) is 0.547. The smallest absolute Gasteiger partial charge is 0.123 e. The molecule has 2 heteroatoms. The second-order valence-electron chi connectivity index (χ2n) is 5.37. The van der Waals surface area contributed by atoms with Gasteiger partial charge in [-0.05, 0) is 42.9 Å². The molecule has 0 saturated heterocycles. The first-order valence-corrected chi connectivity index (χ1v) is 6.11. The van der Waals surface area contributed by atoms with E-state index >= 15 is 0 Å². The van der Waals surface area contributed by atoms with Gasteiger partial charge in [-0.25, -0.2) is 4.39 Å². The van der Waals surface area contributed by atoms with Crippen LogP contribution in [0, 0.1) is 11.7 Å². The first-order valence-electron chi connectivity index (χ1n) is 6.11. The molecule has 0 aliphatic heterocycles. The van der Waals surface area contributed by atoms with Crippen LogP contribution < -0.4 is 5.73 Å². The van der Waals surface area contributed by atoms with E-state index in [1.165, 1.54) is 25.0 Å². The van der Waals surface area contributed by atoms with Crippen molar-refractivity contribution >= 4 is 0 Å². The molecule has 2 atom stereocenters. The Morgan fingerprint density at radius 2 is 2.06 bits per heavy atom. The number of rotatable bonds is 2. The van der Waals surface area contributed by atoms with Crippen LogP contribution in [0.4, 0.5) is 4.39 Å². The van der Waals surface area contributed by atoms with Crippen molar-refractivity contribution in [3.63, 3.8) is 0 Å². The summed E-state index contributed by atoms with van der Waals surface area (Å²) < 4.78 is 12.8. The van der Waals surface area contributed by atoms with Gasteiger partial charge in [-0.1, -0.05) is 31.9 Å². The van der Waals surface area contributed by atoms with E-state index in [9.17, 15) is 4.39 Å². The summed E-state index contributed by atoms with van der Waals surface area (Å²) >= 11 is 0. The zero-order valence-electron chi connectivity index (χ0n) is 9.88. The van der Waals surface area contributed by atoms with Gasteiger partial charge in [0.15, 0.2) is 0 Å². The molecule has 1 aliphatic rings. The normalized spacial score (nSPS) is 30.3. The third-order valence-corrected chi connectivity index (χ3v) is 3.60. The molecule has 0 aromatic heterocycles. The summed E-state index contributed by atoms with van der Waals surface area (Å²) in [6, 6.07) is 6.74. The summed E-state index contributed by atoms with van der Waals surface area (Å²) in [4.78, 5) is 0. The molecule has 0 radical (unpaired) electrons. The van der Waals surface area contributed by atoms with Crippen LogP contribution in [0.3, 0.4) is 0 Å². The van der Waals surface area contributed by atoms with Crippen molar-refractivity contribution in [3.05, 3.63) is 35.6 Å². The van der Waals surface area contributed by atoms with E-state index in [2.05, 4.69) is 6.92 Å². The van der Waals surface area contributed by atoms with Crippen LogP contribution in [-0.4, -0.2) is 5.54 Å². The molecule has 0 bridgehead atoms. The third kappa shape index (κ3) is 2.82. The number of halogens is 1. The van der Waals surface area contributed by atoms with E-state index in [0.717, 1.165) is 30.7 Å². The van der Waals surface area contributed by atoms with E-state index < -0.39 is 0 Å². The summed E-state index contributed by atoms with van der Waals surface area (Å²) in [6.45, 7) is 2.27. The topological polar surface area (TPSA) is 26.0 Å². The second kappa shape index (κ2) is 4.54. The van der Waals surface area contributed by atoms with Crippen molar-refractivity contribution in [1.82, 2.24) is 0 Å². The predicted octanol–water partition coefficient (Wildman–Crippen LogP) is 3.28. The van der Waals surface area contributed by atoms with Crippen molar-refractivity contribution in [1.29, 1.82) is 0 Å². The second-order valence-corrected chi connectivity index (χ2v) is 5.37. The maximum Gasteiger partial charge on any atom is 0.123 e. The Morgan fingerprint density at radius 1 is 1.38 bits per heavy atom. The Kier molecular flexibility index (Phi) is 3.29. The summed E-state index contributed by atoms with van der Waals surface area (Å²) in [6.07, 6.45) is 5.57. The first-order chi connectivity index (χ1) is 7.57. The van der Waals surface area contributed by atoms with Crippen molar-refractivity contribution in [3.8, 4) is 0 Å². The maximum absolute atomic E-state index is 12.8. The first kappa shape index (κ1) is 11.6. The Hall–Kier alpha value is -0.890. The zero-order chi connectivity index (χ0) is 11.6. The average molecular weight is 221 g/mol. The van der Waals surface area contributed by atoms with Crippen LogP contribution >= 0.6 is 0 Å². The highest BCUT2D eigenvalue weighted by atomic mass is 19.1. The highest BCUT2D eigenvalue weighted by molar-refractivity contribution is 5.19. The molecule has 2 N–H and O–H groups in total. The molecular formula is C14H20FN. The van der Waals surface area contributed by atoms with E-state index in [1.54, 1.807) is 0 Å². The molecule has 1 aromatic rings.